The zero-order valence-electron chi connectivity index (χ0n) is 16.2. The zero-order valence-corrected chi connectivity index (χ0v) is 16.2. The van der Waals surface area contributed by atoms with Crippen molar-refractivity contribution in [2.75, 3.05) is 13.2 Å². The molecule has 2 aromatic carbocycles. The predicted molar refractivity (Wildman–Crippen MR) is 109 cm³/mol. The third-order valence-corrected chi connectivity index (χ3v) is 4.83. The maximum absolute atomic E-state index is 11.2. The van der Waals surface area contributed by atoms with Crippen molar-refractivity contribution in [2.24, 2.45) is 0 Å². The molecule has 29 heavy (non-hydrogen) atoms. The molecule has 0 bridgehead atoms. The van der Waals surface area contributed by atoms with Crippen molar-refractivity contribution in [3.05, 3.63) is 59.9 Å². The summed E-state index contributed by atoms with van der Waals surface area (Å²) in [5, 5.41) is 9.18. The van der Waals surface area contributed by atoms with Gasteiger partial charge in [0, 0.05) is 17.3 Å². The standard InChI is InChI=1S/C23H22N2O4/c1-2-3-4-18-14-24-21(17-9-10-19-20(13-17)29-12-11-28-19)22(25-18)15-5-7-16(8-6-15)23(26)27/h5-10,13-14H,2-4,11-12H2,1H3,(H,26,27). The molecule has 1 aliphatic heterocycles. The van der Waals surface area contributed by atoms with Crippen molar-refractivity contribution in [3.8, 4) is 34.0 Å². The summed E-state index contributed by atoms with van der Waals surface area (Å²) in [7, 11) is 0. The second-order valence-corrected chi connectivity index (χ2v) is 6.90. The van der Waals surface area contributed by atoms with Crippen LogP contribution in [0.1, 0.15) is 35.8 Å². The van der Waals surface area contributed by atoms with E-state index in [4.69, 9.17) is 19.4 Å². The Kier molecular flexibility index (Phi) is 5.42. The first kappa shape index (κ1) is 18.9. The van der Waals surface area contributed by atoms with Gasteiger partial charge in [-0.1, -0.05) is 25.5 Å². The summed E-state index contributed by atoms with van der Waals surface area (Å²) < 4.78 is 11.3. The minimum Gasteiger partial charge on any atom is -0.486 e. The predicted octanol–water partition coefficient (Wildman–Crippen LogP) is 4.62. The Morgan fingerprint density at radius 1 is 1.00 bits per heavy atom. The fourth-order valence-electron chi connectivity index (χ4n) is 3.28. The van der Waals surface area contributed by atoms with Crippen LogP contribution >= 0.6 is 0 Å². The molecule has 1 N–H and O–H groups in total. The number of aromatic nitrogens is 2. The van der Waals surface area contributed by atoms with Crippen LogP contribution in [0.3, 0.4) is 0 Å². The van der Waals surface area contributed by atoms with Crippen LogP contribution in [0.25, 0.3) is 22.5 Å². The van der Waals surface area contributed by atoms with Crippen LogP contribution < -0.4 is 9.47 Å². The van der Waals surface area contributed by atoms with Crippen LogP contribution in [0, 0.1) is 0 Å². The number of benzene rings is 2. The minimum atomic E-state index is -0.952. The molecule has 1 aromatic heterocycles. The summed E-state index contributed by atoms with van der Waals surface area (Å²) in [6.45, 7) is 3.20. The maximum Gasteiger partial charge on any atom is 0.335 e. The van der Waals surface area contributed by atoms with Crippen molar-refractivity contribution in [2.45, 2.75) is 26.2 Å². The first-order chi connectivity index (χ1) is 14.2. The molecule has 148 valence electrons. The highest BCUT2D eigenvalue weighted by atomic mass is 16.6. The topological polar surface area (TPSA) is 81.5 Å². The zero-order chi connectivity index (χ0) is 20.2. The van der Waals surface area contributed by atoms with Crippen LogP contribution in [0.5, 0.6) is 11.5 Å². The quantitative estimate of drug-likeness (QED) is 0.661. The van der Waals surface area contributed by atoms with Crippen molar-refractivity contribution >= 4 is 5.97 Å². The molecule has 0 aliphatic carbocycles. The molecule has 0 spiro atoms. The SMILES string of the molecule is CCCCc1cnc(-c2ccc3c(c2)OCCO3)c(-c2ccc(C(=O)O)cc2)n1. The summed E-state index contributed by atoms with van der Waals surface area (Å²) in [4.78, 5) is 20.8. The fraction of sp³-hybridized carbons (Fsp3) is 0.261. The van der Waals surface area contributed by atoms with Gasteiger partial charge in [-0.25, -0.2) is 9.78 Å². The van der Waals surface area contributed by atoms with E-state index in [9.17, 15) is 9.90 Å². The highest BCUT2D eigenvalue weighted by molar-refractivity contribution is 5.89. The molecule has 0 unspecified atom stereocenters. The third kappa shape index (κ3) is 4.06. The largest absolute Gasteiger partial charge is 0.486 e. The van der Waals surface area contributed by atoms with E-state index in [2.05, 4.69) is 6.92 Å². The Morgan fingerprint density at radius 2 is 1.72 bits per heavy atom. The fourth-order valence-corrected chi connectivity index (χ4v) is 3.28. The molecular formula is C23H22N2O4. The number of unbranched alkanes of at least 4 members (excludes halogenated alkanes) is 1. The number of fused-ring (bicyclic) bond motifs is 1. The van der Waals surface area contributed by atoms with Crippen LogP contribution in [0.2, 0.25) is 0 Å². The van der Waals surface area contributed by atoms with Gasteiger partial charge in [0.2, 0.25) is 0 Å². The summed E-state index contributed by atoms with van der Waals surface area (Å²) >= 11 is 0. The normalized spacial score (nSPS) is 12.6. The number of hydrogen-bond acceptors (Lipinski definition) is 5. The van der Waals surface area contributed by atoms with Gasteiger partial charge in [-0.3, -0.25) is 4.98 Å². The lowest BCUT2D eigenvalue weighted by Gasteiger charge is -2.19. The summed E-state index contributed by atoms with van der Waals surface area (Å²) in [5.41, 5.74) is 4.32. The Labute approximate surface area is 169 Å². The molecule has 6 heteroatoms. The van der Waals surface area contributed by atoms with Gasteiger partial charge < -0.3 is 14.6 Å². The maximum atomic E-state index is 11.2. The van der Waals surface area contributed by atoms with Gasteiger partial charge in [0.15, 0.2) is 11.5 Å². The molecular weight excluding hydrogens is 368 g/mol. The van der Waals surface area contributed by atoms with E-state index >= 15 is 0 Å². The molecule has 0 atom stereocenters. The number of carboxylic acid groups (broad SMARTS) is 1. The third-order valence-electron chi connectivity index (χ3n) is 4.83. The van der Waals surface area contributed by atoms with Crippen molar-refractivity contribution in [3.63, 3.8) is 0 Å². The highest BCUT2D eigenvalue weighted by Gasteiger charge is 2.17. The van der Waals surface area contributed by atoms with E-state index in [-0.39, 0.29) is 5.56 Å². The van der Waals surface area contributed by atoms with E-state index in [1.165, 1.54) is 0 Å². The number of aryl methyl sites for hydroxylation is 1. The number of carboxylic acids is 1. The van der Waals surface area contributed by atoms with Gasteiger partial charge in [0.25, 0.3) is 0 Å². The number of hydrogen-bond donors (Lipinski definition) is 1. The molecule has 1 aliphatic rings. The Balaban J connectivity index is 1.79. The number of ether oxygens (including phenoxy) is 2. The summed E-state index contributed by atoms with van der Waals surface area (Å²) in [6.07, 6.45) is 4.78. The van der Waals surface area contributed by atoms with E-state index in [0.717, 1.165) is 53.2 Å². The number of rotatable bonds is 6. The van der Waals surface area contributed by atoms with Crippen LogP contribution in [-0.2, 0) is 6.42 Å². The number of aromatic carboxylic acids is 1. The number of carbonyl (C=O) groups is 1. The van der Waals surface area contributed by atoms with Crippen molar-refractivity contribution < 1.29 is 19.4 Å². The lowest BCUT2D eigenvalue weighted by molar-refractivity contribution is 0.0697. The van der Waals surface area contributed by atoms with Gasteiger partial charge >= 0.3 is 5.97 Å². The van der Waals surface area contributed by atoms with Gasteiger partial charge in [-0.2, -0.15) is 0 Å². The molecule has 0 saturated heterocycles. The van der Waals surface area contributed by atoms with Crippen molar-refractivity contribution in [1.29, 1.82) is 0 Å². The number of nitrogens with zero attached hydrogens (tertiary/aromatic N) is 2. The second-order valence-electron chi connectivity index (χ2n) is 6.90. The lowest BCUT2D eigenvalue weighted by atomic mass is 10.0. The van der Waals surface area contributed by atoms with Crippen molar-refractivity contribution in [1.82, 2.24) is 9.97 Å². The van der Waals surface area contributed by atoms with E-state index in [1.807, 2.05) is 24.4 Å². The van der Waals surface area contributed by atoms with Crippen LogP contribution in [0.15, 0.2) is 48.7 Å². The van der Waals surface area contributed by atoms with E-state index < -0.39 is 5.97 Å². The molecule has 0 radical (unpaired) electrons. The molecule has 2 heterocycles. The molecule has 0 amide bonds. The molecule has 0 saturated carbocycles. The van der Waals surface area contributed by atoms with Gasteiger partial charge in [-0.05, 0) is 43.2 Å². The Hall–Kier alpha value is -3.41. The average Bonchev–Trinajstić information content (AvgIpc) is 2.77. The Bertz CT molecular complexity index is 1030. The second kappa shape index (κ2) is 8.31. The average molecular weight is 390 g/mol. The highest BCUT2D eigenvalue weighted by Crippen LogP contribution is 2.37. The Morgan fingerprint density at radius 3 is 2.45 bits per heavy atom. The molecule has 0 fully saturated rings. The first-order valence-corrected chi connectivity index (χ1v) is 9.75. The van der Waals surface area contributed by atoms with Gasteiger partial charge in [0.1, 0.15) is 13.2 Å². The molecule has 4 rings (SSSR count). The van der Waals surface area contributed by atoms with Gasteiger partial charge in [-0.15, -0.1) is 0 Å². The lowest BCUT2D eigenvalue weighted by Crippen LogP contribution is -2.15. The van der Waals surface area contributed by atoms with E-state index in [0.29, 0.717) is 19.0 Å². The van der Waals surface area contributed by atoms with Crippen LogP contribution in [0.4, 0.5) is 0 Å². The van der Waals surface area contributed by atoms with E-state index in [1.54, 1.807) is 24.3 Å². The molecule has 6 nitrogen and oxygen atoms in total. The smallest absolute Gasteiger partial charge is 0.335 e. The molecule has 3 aromatic rings. The monoisotopic (exact) mass is 390 g/mol. The summed E-state index contributed by atoms with van der Waals surface area (Å²) in [6, 6.07) is 12.5. The van der Waals surface area contributed by atoms with Gasteiger partial charge in [0.05, 0.1) is 22.6 Å². The van der Waals surface area contributed by atoms with Crippen LogP contribution in [-0.4, -0.2) is 34.3 Å². The summed E-state index contributed by atoms with van der Waals surface area (Å²) in [5.74, 6) is 0.462. The minimum absolute atomic E-state index is 0.240. The first-order valence-electron chi connectivity index (χ1n) is 9.75.